The lowest BCUT2D eigenvalue weighted by Crippen LogP contribution is -2.01. The quantitative estimate of drug-likeness (QED) is 0.616. The Hall–Kier alpha value is -0.550. The average molecular weight is 181 g/mol. The monoisotopic (exact) mass is 181 g/mol. The van der Waals surface area contributed by atoms with E-state index in [9.17, 15) is 8.42 Å². The Kier molecular flexibility index (Phi) is 8.98. The van der Waals surface area contributed by atoms with Gasteiger partial charge >= 0.3 is 0 Å². The summed E-state index contributed by atoms with van der Waals surface area (Å²) in [6, 6.07) is 0. The first-order chi connectivity index (χ1) is 4.97. The lowest BCUT2D eigenvalue weighted by atomic mass is 10.6. The Bertz CT molecular complexity index is 180. The molecule has 68 valence electrons. The van der Waals surface area contributed by atoms with Crippen LogP contribution in [-0.2, 0) is 10.1 Å². The summed E-state index contributed by atoms with van der Waals surface area (Å²) in [5.41, 5.74) is 4.85. The van der Waals surface area contributed by atoms with E-state index in [-0.39, 0.29) is 5.75 Å². The van der Waals surface area contributed by atoms with Crippen molar-refractivity contribution >= 4 is 10.1 Å². The highest BCUT2D eigenvalue weighted by Crippen LogP contribution is 1.83. The number of allylic oxidation sites excluding steroid dienone is 1. The molecule has 0 saturated heterocycles. The number of rotatable bonds is 2. The number of hydrogen-bond acceptors (Lipinski definition) is 3. The summed E-state index contributed by atoms with van der Waals surface area (Å²) < 4.78 is 27.6. The fourth-order valence-corrected chi connectivity index (χ4v) is 0.774. The van der Waals surface area contributed by atoms with Crippen LogP contribution in [0.2, 0.25) is 0 Å². The summed E-state index contributed by atoms with van der Waals surface area (Å²) in [6.45, 7) is 3.56. The predicted octanol–water partition coefficient (Wildman–Crippen LogP) is 0.763. The molecule has 0 spiro atoms. The van der Waals surface area contributed by atoms with Gasteiger partial charge in [0.15, 0.2) is 0 Å². The zero-order valence-corrected chi connectivity index (χ0v) is 7.63. The maximum Gasteiger partial charge on any atom is 0.264 e. The van der Waals surface area contributed by atoms with E-state index >= 15 is 0 Å². The molecule has 0 heterocycles. The van der Waals surface area contributed by atoms with Gasteiger partial charge in [0.2, 0.25) is 0 Å². The molecule has 0 unspecified atom stereocenters. The second kappa shape index (κ2) is 7.56. The zero-order valence-electron chi connectivity index (χ0n) is 6.82. The van der Waals surface area contributed by atoms with Gasteiger partial charge < -0.3 is 5.73 Å². The summed E-state index contributed by atoms with van der Waals surface area (Å²) >= 11 is 0. The predicted molar refractivity (Wildman–Crippen MR) is 45.7 cm³/mol. The van der Waals surface area contributed by atoms with E-state index in [1.807, 2.05) is 6.92 Å². The van der Waals surface area contributed by atoms with Crippen molar-refractivity contribution in [3.63, 3.8) is 0 Å². The molecule has 0 aromatic carbocycles. The molecule has 5 heteroatoms. The lowest BCUT2D eigenvalue weighted by molar-refractivity contribution is 0.482. The Balaban J connectivity index is 0. The van der Waals surface area contributed by atoms with Gasteiger partial charge in [0.25, 0.3) is 10.1 Å². The van der Waals surface area contributed by atoms with Crippen molar-refractivity contribution in [2.45, 2.75) is 20.3 Å². The Morgan fingerprint density at radius 3 is 1.91 bits per heavy atom. The molecular formula is C6H15NO3S. The summed E-state index contributed by atoms with van der Waals surface area (Å²) in [7, 11) is -3.67. The van der Waals surface area contributed by atoms with Gasteiger partial charge in [0.1, 0.15) is 0 Å². The van der Waals surface area contributed by atoms with Crippen LogP contribution in [0.25, 0.3) is 0 Å². The third-order valence-electron chi connectivity index (χ3n) is 0.655. The van der Waals surface area contributed by atoms with E-state index in [0.29, 0.717) is 6.42 Å². The van der Waals surface area contributed by atoms with E-state index in [2.05, 4.69) is 0 Å². The summed E-state index contributed by atoms with van der Waals surface area (Å²) in [4.78, 5) is 0. The molecule has 4 nitrogen and oxygen atoms in total. The van der Waals surface area contributed by atoms with Gasteiger partial charge in [-0.3, -0.25) is 4.55 Å². The molecular weight excluding hydrogens is 166 g/mol. The fraction of sp³-hybridized carbons (Fsp3) is 0.667. The molecule has 0 aromatic rings. The van der Waals surface area contributed by atoms with Crippen molar-refractivity contribution in [1.82, 2.24) is 0 Å². The summed E-state index contributed by atoms with van der Waals surface area (Å²) in [5.74, 6) is -0.132. The van der Waals surface area contributed by atoms with Crippen LogP contribution in [0.4, 0.5) is 0 Å². The fourth-order valence-electron chi connectivity index (χ4n) is 0.258. The first kappa shape index (κ1) is 13.1. The molecule has 0 amide bonds. The second-order valence-corrected chi connectivity index (χ2v) is 3.38. The average Bonchev–Trinajstić information content (AvgIpc) is 1.86. The van der Waals surface area contributed by atoms with Crippen LogP contribution in [0.15, 0.2) is 12.3 Å². The molecule has 0 fully saturated rings. The van der Waals surface area contributed by atoms with Crippen LogP contribution in [-0.4, -0.2) is 18.7 Å². The lowest BCUT2D eigenvalue weighted by Gasteiger charge is -1.85. The number of nitrogens with two attached hydrogens (primary N) is 1. The third kappa shape index (κ3) is 26.5. The maximum absolute atomic E-state index is 9.79. The smallest absolute Gasteiger partial charge is 0.264 e. The molecule has 0 atom stereocenters. The first-order valence-electron chi connectivity index (χ1n) is 3.26. The second-order valence-electron chi connectivity index (χ2n) is 1.81. The summed E-state index contributed by atoms with van der Waals surface area (Å²) in [5, 5.41) is 0. The maximum atomic E-state index is 9.79. The Labute approximate surface area is 67.8 Å². The highest BCUT2D eigenvalue weighted by molar-refractivity contribution is 7.85. The van der Waals surface area contributed by atoms with E-state index in [0.717, 1.165) is 0 Å². The van der Waals surface area contributed by atoms with E-state index < -0.39 is 10.1 Å². The molecule has 0 rings (SSSR count). The Morgan fingerprint density at radius 2 is 1.91 bits per heavy atom. The molecule has 0 aliphatic heterocycles. The Morgan fingerprint density at radius 1 is 1.55 bits per heavy atom. The highest BCUT2D eigenvalue weighted by Gasteiger charge is 1.98. The van der Waals surface area contributed by atoms with Gasteiger partial charge in [-0.1, -0.05) is 13.0 Å². The molecule has 3 N–H and O–H groups in total. The minimum Gasteiger partial charge on any atom is -0.405 e. The highest BCUT2D eigenvalue weighted by atomic mass is 32.2. The van der Waals surface area contributed by atoms with Crippen molar-refractivity contribution in [2.24, 2.45) is 5.73 Å². The summed E-state index contributed by atoms with van der Waals surface area (Å²) in [6.07, 6.45) is 3.75. The van der Waals surface area contributed by atoms with Gasteiger partial charge in [0.05, 0.1) is 5.75 Å². The van der Waals surface area contributed by atoms with E-state index in [1.165, 1.54) is 6.20 Å². The zero-order chi connectivity index (χ0) is 9.33. The van der Waals surface area contributed by atoms with Gasteiger partial charge in [0, 0.05) is 0 Å². The normalized spacial score (nSPS) is 10.8. The molecule has 11 heavy (non-hydrogen) atoms. The molecule has 0 bridgehead atoms. The van der Waals surface area contributed by atoms with Crippen LogP contribution >= 0.6 is 0 Å². The van der Waals surface area contributed by atoms with E-state index in [1.54, 1.807) is 13.0 Å². The number of hydrogen-bond donors (Lipinski definition) is 2. The van der Waals surface area contributed by atoms with Crippen molar-refractivity contribution in [3.05, 3.63) is 12.3 Å². The largest absolute Gasteiger partial charge is 0.405 e. The topological polar surface area (TPSA) is 80.4 Å². The molecule has 0 aliphatic carbocycles. The molecule has 0 radical (unpaired) electrons. The van der Waals surface area contributed by atoms with Gasteiger partial charge in [-0.05, 0) is 19.5 Å². The minimum atomic E-state index is -3.67. The van der Waals surface area contributed by atoms with Gasteiger partial charge in [-0.25, -0.2) is 0 Å². The van der Waals surface area contributed by atoms with Crippen molar-refractivity contribution < 1.29 is 13.0 Å². The van der Waals surface area contributed by atoms with Gasteiger partial charge in [-0.15, -0.1) is 0 Å². The van der Waals surface area contributed by atoms with Crippen molar-refractivity contribution in [1.29, 1.82) is 0 Å². The SMILES string of the molecule is CC=CN.CCCS(=O)(=O)O. The first-order valence-corrected chi connectivity index (χ1v) is 4.86. The standard InChI is InChI=1S/C3H7N.C3H8O3S/c1-2-3-4;1-2-3-7(4,5)6/h2-3H,4H2,1H3;2-3H2,1H3,(H,4,5,6). The molecule has 0 aliphatic rings. The molecule has 0 aromatic heterocycles. The molecule has 0 saturated carbocycles. The minimum absolute atomic E-state index is 0.132. The third-order valence-corrected chi connectivity index (χ3v) is 1.58. The van der Waals surface area contributed by atoms with E-state index in [4.69, 9.17) is 10.3 Å². The van der Waals surface area contributed by atoms with Crippen LogP contribution in [0.3, 0.4) is 0 Å². The van der Waals surface area contributed by atoms with Crippen LogP contribution < -0.4 is 5.73 Å². The van der Waals surface area contributed by atoms with Gasteiger partial charge in [-0.2, -0.15) is 8.42 Å². The van der Waals surface area contributed by atoms with Crippen molar-refractivity contribution in [2.75, 3.05) is 5.75 Å². The van der Waals surface area contributed by atoms with Crippen LogP contribution in [0.5, 0.6) is 0 Å². The van der Waals surface area contributed by atoms with Crippen molar-refractivity contribution in [3.8, 4) is 0 Å². The van der Waals surface area contributed by atoms with Crippen LogP contribution in [0, 0.1) is 0 Å². The van der Waals surface area contributed by atoms with Crippen LogP contribution in [0.1, 0.15) is 20.3 Å².